The second kappa shape index (κ2) is 3.87. The number of hydrogen-bond donors (Lipinski definition) is 0. The van der Waals surface area contributed by atoms with Crippen molar-refractivity contribution in [1.82, 2.24) is 4.98 Å². The molecule has 0 aromatic carbocycles. The molecule has 0 atom stereocenters. The SMILES string of the molecule is Cc1cocc1C(=O)c1cncc(Cl)c1. The zero-order valence-corrected chi connectivity index (χ0v) is 8.78. The van der Waals surface area contributed by atoms with Gasteiger partial charge in [0.2, 0.25) is 0 Å². The molecule has 15 heavy (non-hydrogen) atoms. The molecule has 0 unspecified atom stereocenters. The van der Waals surface area contributed by atoms with Crippen LogP contribution in [0.2, 0.25) is 5.02 Å². The van der Waals surface area contributed by atoms with Crippen LogP contribution in [0.15, 0.2) is 35.4 Å². The fourth-order valence-electron chi connectivity index (χ4n) is 1.28. The van der Waals surface area contributed by atoms with E-state index in [9.17, 15) is 4.79 Å². The standard InChI is InChI=1S/C11H8ClNO2/c1-7-5-15-6-10(7)11(14)8-2-9(12)4-13-3-8/h2-6H,1H3. The molecule has 3 nitrogen and oxygen atoms in total. The molecule has 0 saturated carbocycles. The van der Waals surface area contributed by atoms with Crippen molar-refractivity contribution < 1.29 is 9.21 Å². The van der Waals surface area contributed by atoms with Crippen molar-refractivity contribution in [2.45, 2.75) is 6.92 Å². The number of pyridine rings is 1. The quantitative estimate of drug-likeness (QED) is 0.733. The maximum absolute atomic E-state index is 11.9. The zero-order valence-electron chi connectivity index (χ0n) is 8.03. The van der Waals surface area contributed by atoms with Crippen molar-refractivity contribution in [3.8, 4) is 0 Å². The van der Waals surface area contributed by atoms with Gasteiger partial charge in [-0.1, -0.05) is 11.6 Å². The van der Waals surface area contributed by atoms with Gasteiger partial charge in [-0.3, -0.25) is 9.78 Å². The first kappa shape index (κ1) is 9.93. The Labute approximate surface area is 91.7 Å². The van der Waals surface area contributed by atoms with Gasteiger partial charge in [0.15, 0.2) is 5.78 Å². The molecule has 0 aliphatic heterocycles. The lowest BCUT2D eigenvalue weighted by molar-refractivity contribution is 0.103. The normalized spacial score (nSPS) is 10.3. The molecule has 2 aromatic heterocycles. The van der Waals surface area contributed by atoms with E-state index in [1.807, 2.05) is 6.92 Å². The second-order valence-electron chi connectivity index (χ2n) is 3.19. The first-order valence-electron chi connectivity index (χ1n) is 4.36. The summed E-state index contributed by atoms with van der Waals surface area (Å²) in [6.45, 7) is 1.81. The summed E-state index contributed by atoms with van der Waals surface area (Å²) in [5.74, 6) is -0.128. The summed E-state index contributed by atoms with van der Waals surface area (Å²) >= 11 is 5.75. The Morgan fingerprint density at radius 1 is 1.40 bits per heavy atom. The highest BCUT2D eigenvalue weighted by atomic mass is 35.5. The molecule has 0 aliphatic rings. The van der Waals surface area contributed by atoms with Crippen LogP contribution in [0.5, 0.6) is 0 Å². The molecule has 2 rings (SSSR count). The lowest BCUT2D eigenvalue weighted by atomic mass is 10.1. The fourth-order valence-corrected chi connectivity index (χ4v) is 1.46. The number of aryl methyl sites for hydroxylation is 1. The Hall–Kier alpha value is -1.61. The maximum atomic E-state index is 11.9. The van der Waals surface area contributed by atoms with Crippen LogP contribution in [-0.2, 0) is 0 Å². The molecule has 4 heteroatoms. The van der Waals surface area contributed by atoms with Crippen molar-refractivity contribution >= 4 is 17.4 Å². The van der Waals surface area contributed by atoms with Crippen LogP contribution < -0.4 is 0 Å². The van der Waals surface area contributed by atoms with Gasteiger partial charge in [-0.25, -0.2) is 0 Å². The molecule has 0 bridgehead atoms. The highest BCUT2D eigenvalue weighted by Crippen LogP contribution is 2.16. The van der Waals surface area contributed by atoms with Gasteiger partial charge < -0.3 is 4.42 Å². The molecule has 0 amide bonds. The van der Waals surface area contributed by atoms with Crippen LogP contribution in [-0.4, -0.2) is 10.8 Å². The lowest BCUT2D eigenvalue weighted by Crippen LogP contribution is -2.01. The van der Waals surface area contributed by atoms with Gasteiger partial charge in [0.1, 0.15) is 6.26 Å². The lowest BCUT2D eigenvalue weighted by Gasteiger charge is -1.98. The highest BCUT2D eigenvalue weighted by molar-refractivity contribution is 6.31. The molecule has 0 aliphatic carbocycles. The predicted octanol–water partition coefficient (Wildman–Crippen LogP) is 2.87. The monoisotopic (exact) mass is 221 g/mol. The topological polar surface area (TPSA) is 43.1 Å². The molecule has 76 valence electrons. The van der Waals surface area contributed by atoms with Gasteiger partial charge in [0, 0.05) is 18.0 Å². The van der Waals surface area contributed by atoms with E-state index < -0.39 is 0 Å². The summed E-state index contributed by atoms with van der Waals surface area (Å²) in [6, 6.07) is 1.59. The third-order valence-electron chi connectivity index (χ3n) is 2.07. The maximum Gasteiger partial charge on any atom is 0.198 e. The Balaban J connectivity index is 2.41. The largest absolute Gasteiger partial charge is 0.472 e. The number of furan rings is 1. The number of aromatic nitrogens is 1. The average molecular weight is 222 g/mol. The minimum Gasteiger partial charge on any atom is -0.472 e. The summed E-state index contributed by atoms with van der Waals surface area (Å²) < 4.78 is 4.94. The van der Waals surface area contributed by atoms with Crippen molar-refractivity contribution in [2.75, 3.05) is 0 Å². The van der Waals surface area contributed by atoms with E-state index in [4.69, 9.17) is 16.0 Å². The molecule has 2 heterocycles. The van der Waals surface area contributed by atoms with Crippen LogP contribution in [0.4, 0.5) is 0 Å². The first-order chi connectivity index (χ1) is 7.18. The van der Waals surface area contributed by atoms with E-state index in [0.29, 0.717) is 16.1 Å². The molecule has 0 spiro atoms. The zero-order chi connectivity index (χ0) is 10.8. The van der Waals surface area contributed by atoms with E-state index in [1.54, 1.807) is 6.07 Å². The predicted molar refractivity (Wildman–Crippen MR) is 56.1 cm³/mol. The van der Waals surface area contributed by atoms with Crippen molar-refractivity contribution in [1.29, 1.82) is 0 Å². The Bertz CT molecular complexity index is 505. The summed E-state index contributed by atoms with van der Waals surface area (Å²) in [5.41, 5.74) is 1.81. The summed E-state index contributed by atoms with van der Waals surface area (Å²) in [7, 11) is 0. The number of nitrogens with zero attached hydrogens (tertiary/aromatic N) is 1. The number of ketones is 1. The van der Waals surface area contributed by atoms with Crippen LogP contribution in [0, 0.1) is 6.92 Å². The molecule has 0 fully saturated rings. The number of carbonyl (C=O) groups is 1. The molecular formula is C11H8ClNO2. The van der Waals surface area contributed by atoms with Gasteiger partial charge >= 0.3 is 0 Å². The molecule has 0 radical (unpaired) electrons. The summed E-state index contributed by atoms with van der Waals surface area (Å²) in [6.07, 6.45) is 5.94. The van der Waals surface area contributed by atoms with E-state index in [2.05, 4.69) is 4.98 Å². The summed E-state index contributed by atoms with van der Waals surface area (Å²) in [5, 5.41) is 0.446. The third-order valence-corrected chi connectivity index (χ3v) is 2.27. The fraction of sp³-hybridized carbons (Fsp3) is 0.0909. The van der Waals surface area contributed by atoms with Crippen LogP contribution >= 0.6 is 11.6 Å². The molecule has 0 N–H and O–H groups in total. The minimum atomic E-state index is -0.128. The van der Waals surface area contributed by atoms with Gasteiger partial charge in [-0.15, -0.1) is 0 Å². The first-order valence-corrected chi connectivity index (χ1v) is 4.74. The molecule has 2 aromatic rings. The van der Waals surface area contributed by atoms with E-state index >= 15 is 0 Å². The van der Waals surface area contributed by atoms with Crippen molar-refractivity contribution in [3.05, 3.63) is 52.7 Å². The number of rotatable bonds is 2. The number of carbonyl (C=O) groups excluding carboxylic acids is 1. The second-order valence-corrected chi connectivity index (χ2v) is 3.63. The van der Waals surface area contributed by atoms with E-state index in [0.717, 1.165) is 5.56 Å². The van der Waals surface area contributed by atoms with E-state index in [1.165, 1.54) is 24.9 Å². The Morgan fingerprint density at radius 3 is 2.80 bits per heavy atom. The minimum absolute atomic E-state index is 0.128. The average Bonchev–Trinajstić information content (AvgIpc) is 2.63. The van der Waals surface area contributed by atoms with E-state index in [-0.39, 0.29) is 5.78 Å². The third kappa shape index (κ3) is 1.92. The van der Waals surface area contributed by atoms with Crippen LogP contribution in [0.1, 0.15) is 21.5 Å². The van der Waals surface area contributed by atoms with Gasteiger partial charge in [-0.05, 0) is 18.6 Å². The number of halogens is 1. The number of hydrogen-bond acceptors (Lipinski definition) is 3. The van der Waals surface area contributed by atoms with Crippen LogP contribution in [0.25, 0.3) is 0 Å². The summed E-state index contributed by atoms with van der Waals surface area (Å²) in [4.78, 5) is 15.8. The van der Waals surface area contributed by atoms with Gasteiger partial charge in [0.05, 0.1) is 16.8 Å². The smallest absolute Gasteiger partial charge is 0.198 e. The highest BCUT2D eigenvalue weighted by Gasteiger charge is 2.13. The molecule has 0 saturated heterocycles. The van der Waals surface area contributed by atoms with Crippen LogP contribution in [0.3, 0.4) is 0 Å². The van der Waals surface area contributed by atoms with Gasteiger partial charge in [0.25, 0.3) is 0 Å². The van der Waals surface area contributed by atoms with Gasteiger partial charge in [-0.2, -0.15) is 0 Å². The van der Waals surface area contributed by atoms with Crippen molar-refractivity contribution in [2.24, 2.45) is 0 Å². The Kier molecular flexibility index (Phi) is 2.56. The molecular weight excluding hydrogens is 214 g/mol. The Morgan fingerprint density at radius 2 is 2.20 bits per heavy atom. The van der Waals surface area contributed by atoms with Crippen molar-refractivity contribution in [3.63, 3.8) is 0 Å².